The number of hydrogen-bond donors (Lipinski definition) is 1. The first-order valence-corrected chi connectivity index (χ1v) is 11.3. The molecule has 0 heterocycles. The van der Waals surface area contributed by atoms with Gasteiger partial charge in [-0.25, -0.2) is 13.8 Å². The van der Waals surface area contributed by atoms with Crippen molar-refractivity contribution in [1.29, 1.82) is 0 Å². The standard InChI is InChI=1S/C24H25N3O3S/c1-18(2)20-11-9-19(10-12-20)17-25-26-24(28)21-13-15-22(16-14-21)27(3)31(29,30)23-7-5-4-6-8-23/h4-18H,1-3H3,(H,26,28)/b25-17+. The first-order chi connectivity index (χ1) is 14.8. The summed E-state index contributed by atoms with van der Waals surface area (Å²) in [7, 11) is -2.19. The van der Waals surface area contributed by atoms with Gasteiger partial charge in [-0.05, 0) is 53.4 Å². The Morgan fingerprint density at radius 2 is 1.55 bits per heavy atom. The van der Waals surface area contributed by atoms with Gasteiger partial charge >= 0.3 is 0 Å². The lowest BCUT2D eigenvalue weighted by molar-refractivity contribution is 0.0955. The van der Waals surface area contributed by atoms with Crippen LogP contribution in [0.1, 0.15) is 41.3 Å². The fourth-order valence-corrected chi connectivity index (χ4v) is 4.13. The quantitative estimate of drug-likeness (QED) is 0.441. The lowest BCUT2D eigenvalue weighted by Crippen LogP contribution is -2.26. The molecular weight excluding hydrogens is 410 g/mol. The van der Waals surface area contributed by atoms with Crippen molar-refractivity contribution in [2.45, 2.75) is 24.7 Å². The molecule has 0 spiro atoms. The molecule has 0 atom stereocenters. The van der Waals surface area contributed by atoms with E-state index >= 15 is 0 Å². The average molecular weight is 436 g/mol. The highest BCUT2D eigenvalue weighted by molar-refractivity contribution is 7.92. The lowest BCUT2D eigenvalue weighted by Gasteiger charge is -2.19. The van der Waals surface area contributed by atoms with E-state index in [0.717, 1.165) is 5.56 Å². The fraction of sp³-hybridized carbons (Fsp3) is 0.167. The summed E-state index contributed by atoms with van der Waals surface area (Å²) in [6.45, 7) is 4.26. The van der Waals surface area contributed by atoms with Gasteiger partial charge in [-0.1, -0.05) is 56.3 Å². The highest BCUT2D eigenvalue weighted by Gasteiger charge is 2.21. The molecule has 0 aliphatic heterocycles. The van der Waals surface area contributed by atoms with Gasteiger partial charge in [0.2, 0.25) is 0 Å². The summed E-state index contributed by atoms with van der Waals surface area (Å²) in [6.07, 6.45) is 1.58. The van der Waals surface area contributed by atoms with Crippen molar-refractivity contribution in [3.05, 3.63) is 95.6 Å². The van der Waals surface area contributed by atoms with Gasteiger partial charge in [0.1, 0.15) is 0 Å². The second-order valence-electron chi connectivity index (χ2n) is 7.35. The monoisotopic (exact) mass is 435 g/mol. The van der Waals surface area contributed by atoms with E-state index in [4.69, 9.17) is 0 Å². The Labute approximate surface area is 183 Å². The molecule has 0 bridgehead atoms. The van der Waals surface area contributed by atoms with Crippen LogP contribution < -0.4 is 9.73 Å². The third-order valence-electron chi connectivity index (χ3n) is 4.88. The van der Waals surface area contributed by atoms with Crippen LogP contribution in [0.15, 0.2) is 88.9 Å². The highest BCUT2D eigenvalue weighted by Crippen LogP contribution is 2.22. The minimum atomic E-state index is -3.67. The van der Waals surface area contributed by atoms with Crippen LogP contribution in [0.25, 0.3) is 0 Å². The predicted molar refractivity (Wildman–Crippen MR) is 124 cm³/mol. The van der Waals surface area contributed by atoms with Gasteiger partial charge in [-0.15, -0.1) is 0 Å². The van der Waals surface area contributed by atoms with Gasteiger partial charge in [0.15, 0.2) is 0 Å². The van der Waals surface area contributed by atoms with E-state index in [2.05, 4.69) is 24.4 Å². The highest BCUT2D eigenvalue weighted by atomic mass is 32.2. The van der Waals surface area contributed by atoms with Gasteiger partial charge in [-0.2, -0.15) is 5.10 Å². The molecule has 0 unspecified atom stereocenters. The molecule has 1 amide bonds. The Hall–Kier alpha value is -3.45. The summed E-state index contributed by atoms with van der Waals surface area (Å²) in [5, 5.41) is 4.00. The number of nitrogens with zero attached hydrogens (tertiary/aromatic N) is 2. The normalized spacial score (nSPS) is 11.6. The first kappa shape index (κ1) is 22.2. The van der Waals surface area contributed by atoms with Crippen LogP contribution in [0.5, 0.6) is 0 Å². The van der Waals surface area contributed by atoms with Crippen LogP contribution in [0.4, 0.5) is 5.69 Å². The number of carbonyl (C=O) groups is 1. The van der Waals surface area contributed by atoms with Gasteiger partial charge in [0.05, 0.1) is 16.8 Å². The minimum absolute atomic E-state index is 0.204. The molecule has 0 aromatic heterocycles. The predicted octanol–water partition coefficient (Wildman–Crippen LogP) is 4.40. The molecule has 0 fully saturated rings. The molecule has 31 heavy (non-hydrogen) atoms. The minimum Gasteiger partial charge on any atom is -0.269 e. The largest absolute Gasteiger partial charge is 0.271 e. The molecule has 1 N–H and O–H groups in total. The number of carbonyl (C=O) groups excluding carboxylic acids is 1. The molecule has 7 heteroatoms. The number of rotatable bonds is 7. The maximum Gasteiger partial charge on any atom is 0.271 e. The van der Waals surface area contributed by atoms with Crippen LogP contribution in [-0.4, -0.2) is 27.6 Å². The number of nitrogens with one attached hydrogen (secondary N) is 1. The Kier molecular flexibility index (Phi) is 6.87. The van der Waals surface area contributed by atoms with Crippen molar-refractivity contribution < 1.29 is 13.2 Å². The summed E-state index contributed by atoms with van der Waals surface area (Å²) < 4.78 is 26.6. The van der Waals surface area contributed by atoms with Crippen LogP contribution in [0.2, 0.25) is 0 Å². The summed E-state index contributed by atoms with van der Waals surface area (Å²) in [6, 6.07) is 22.5. The Morgan fingerprint density at radius 1 is 0.935 bits per heavy atom. The number of anilines is 1. The van der Waals surface area contributed by atoms with Gasteiger partial charge in [0, 0.05) is 12.6 Å². The SMILES string of the molecule is CC(C)c1ccc(/C=N/NC(=O)c2ccc(N(C)S(=O)(=O)c3ccccc3)cc2)cc1. The second-order valence-corrected chi connectivity index (χ2v) is 9.32. The Balaban J connectivity index is 1.64. The van der Waals surface area contributed by atoms with Crippen molar-refractivity contribution in [3.8, 4) is 0 Å². The molecule has 160 valence electrons. The van der Waals surface area contributed by atoms with Crippen LogP contribution >= 0.6 is 0 Å². The third-order valence-corrected chi connectivity index (χ3v) is 6.68. The number of hydrogen-bond acceptors (Lipinski definition) is 4. The van der Waals surface area contributed by atoms with E-state index < -0.39 is 10.0 Å². The molecule has 6 nitrogen and oxygen atoms in total. The zero-order valence-electron chi connectivity index (χ0n) is 17.7. The first-order valence-electron chi connectivity index (χ1n) is 9.86. The molecular formula is C24H25N3O3S. The molecule has 0 aliphatic carbocycles. The average Bonchev–Trinajstić information content (AvgIpc) is 2.79. The number of benzene rings is 3. The maximum absolute atomic E-state index is 12.7. The Bertz CT molecular complexity index is 1150. The lowest BCUT2D eigenvalue weighted by atomic mass is 10.0. The summed E-state index contributed by atoms with van der Waals surface area (Å²) >= 11 is 0. The molecule has 3 aromatic carbocycles. The maximum atomic E-state index is 12.7. The molecule has 3 aromatic rings. The van der Waals surface area contributed by atoms with E-state index in [1.807, 2.05) is 24.3 Å². The van der Waals surface area contributed by atoms with Gasteiger partial charge in [0.25, 0.3) is 15.9 Å². The summed E-state index contributed by atoms with van der Waals surface area (Å²) in [4.78, 5) is 12.5. The van der Waals surface area contributed by atoms with Crippen molar-refractivity contribution in [3.63, 3.8) is 0 Å². The smallest absolute Gasteiger partial charge is 0.269 e. The molecule has 0 saturated heterocycles. The van der Waals surface area contributed by atoms with Crippen molar-refractivity contribution in [2.75, 3.05) is 11.4 Å². The van der Waals surface area contributed by atoms with E-state index in [9.17, 15) is 13.2 Å². The number of sulfonamides is 1. The van der Waals surface area contributed by atoms with Crippen molar-refractivity contribution in [2.24, 2.45) is 5.10 Å². The Morgan fingerprint density at radius 3 is 2.13 bits per heavy atom. The zero-order valence-corrected chi connectivity index (χ0v) is 18.5. The summed E-state index contributed by atoms with van der Waals surface area (Å²) in [5.74, 6) is 0.0746. The molecule has 0 aliphatic rings. The van der Waals surface area contributed by atoms with E-state index in [1.165, 1.54) is 16.9 Å². The molecule has 0 radical (unpaired) electrons. The number of amides is 1. The van der Waals surface area contributed by atoms with Crippen LogP contribution in [0.3, 0.4) is 0 Å². The second kappa shape index (κ2) is 9.57. The molecule has 3 rings (SSSR count). The van der Waals surface area contributed by atoms with Crippen LogP contribution in [0, 0.1) is 0 Å². The topological polar surface area (TPSA) is 78.8 Å². The van der Waals surface area contributed by atoms with E-state index in [0.29, 0.717) is 17.2 Å². The van der Waals surface area contributed by atoms with Gasteiger partial charge < -0.3 is 0 Å². The van der Waals surface area contributed by atoms with Crippen molar-refractivity contribution in [1.82, 2.24) is 5.43 Å². The molecule has 0 saturated carbocycles. The van der Waals surface area contributed by atoms with E-state index in [-0.39, 0.29) is 10.8 Å². The van der Waals surface area contributed by atoms with Gasteiger partial charge in [-0.3, -0.25) is 9.10 Å². The third kappa shape index (κ3) is 5.38. The van der Waals surface area contributed by atoms with Crippen molar-refractivity contribution >= 4 is 27.8 Å². The van der Waals surface area contributed by atoms with Crippen LogP contribution in [-0.2, 0) is 10.0 Å². The zero-order chi connectivity index (χ0) is 22.4. The van der Waals surface area contributed by atoms with E-state index in [1.54, 1.807) is 60.8 Å². The summed E-state index contributed by atoms with van der Waals surface area (Å²) in [5.41, 5.74) is 5.44. The fourth-order valence-electron chi connectivity index (χ4n) is 2.91. The number of hydrazone groups is 1.